The molecule has 0 saturated heterocycles. The summed E-state index contributed by atoms with van der Waals surface area (Å²) in [6.07, 6.45) is 2.11. The predicted octanol–water partition coefficient (Wildman–Crippen LogP) is 2.42. The smallest absolute Gasteiger partial charge is 0.0467 e. The lowest BCUT2D eigenvalue weighted by Crippen LogP contribution is -2.02. The summed E-state index contributed by atoms with van der Waals surface area (Å²) in [5, 5.41) is 0. The summed E-state index contributed by atoms with van der Waals surface area (Å²) in [5.74, 6) is 0.583. The fraction of sp³-hybridized carbons (Fsp3) is 0.833. The van der Waals surface area contributed by atoms with Gasteiger partial charge in [0.15, 0.2) is 0 Å². The van der Waals surface area contributed by atoms with E-state index in [1.165, 1.54) is 0 Å². The molecule has 0 aromatic rings. The van der Waals surface area contributed by atoms with Gasteiger partial charge in [0.1, 0.15) is 0 Å². The van der Waals surface area contributed by atoms with Crippen molar-refractivity contribution in [1.82, 2.24) is 0 Å². The molecule has 0 aliphatic rings. The summed E-state index contributed by atoms with van der Waals surface area (Å²) in [6, 6.07) is 0. The first-order valence-electron chi connectivity index (χ1n) is 2.84. The van der Waals surface area contributed by atoms with E-state index < -0.39 is 0 Å². The van der Waals surface area contributed by atoms with E-state index in [1.54, 1.807) is 0 Å². The first kappa shape index (κ1) is 8.70. The fourth-order valence-corrected chi connectivity index (χ4v) is 0.769. The van der Waals surface area contributed by atoms with E-state index in [1.807, 2.05) is 0 Å². The summed E-state index contributed by atoms with van der Waals surface area (Å²) in [6.45, 7) is 5.87. The third-order valence-electron chi connectivity index (χ3n) is 1.17. The van der Waals surface area contributed by atoms with Crippen LogP contribution in [0.25, 0.3) is 0 Å². The van der Waals surface area contributed by atoms with Gasteiger partial charge in [0.25, 0.3) is 0 Å². The van der Waals surface area contributed by atoms with Crippen LogP contribution in [0.15, 0.2) is 0 Å². The Morgan fingerprint density at radius 3 is 2.12 bits per heavy atom. The van der Waals surface area contributed by atoms with Gasteiger partial charge >= 0.3 is 0 Å². The summed E-state index contributed by atoms with van der Waals surface area (Å²) in [5.41, 5.74) is 0. The van der Waals surface area contributed by atoms with E-state index in [0.29, 0.717) is 5.92 Å². The van der Waals surface area contributed by atoms with Gasteiger partial charge in [-0.05, 0) is 12.3 Å². The zero-order valence-electron chi connectivity index (χ0n) is 5.17. The van der Waals surface area contributed by atoms with Crippen molar-refractivity contribution >= 4 is 25.3 Å². The minimum atomic E-state index is 0.219. The number of hydrogen-bond acceptors (Lipinski definition) is 2. The average Bonchev–Trinajstić information content (AvgIpc) is 1.67. The molecule has 0 N–H and O–H groups in total. The SMILES string of the molecule is [CH2]CCC(C)C(S)S. The van der Waals surface area contributed by atoms with Crippen molar-refractivity contribution < 1.29 is 0 Å². The van der Waals surface area contributed by atoms with Crippen molar-refractivity contribution in [3.63, 3.8) is 0 Å². The maximum Gasteiger partial charge on any atom is 0.0467 e. The molecule has 0 amide bonds. The lowest BCUT2D eigenvalue weighted by molar-refractivity contribution is 0.587. The van der Waals surface area contributed by atoms with Crippen LogP contribution < -0.4 is 0 Å². The third-order valence-corrected chi connectivity index (χ3v) is 2.19. The van der Waals surface area contributed by atoms with Crippen LogP contribution in [0.3, 0.4) is 0 Å². The molecule has 0 bridgehead atoms. The Kier molecular flexibility index (Phi) is 4.97. The lowest BCUT2D eigenvalue weighted by atomic mass is 10.1. The minimum absolute atomic E-state index is 0.219. The molecule has 0 fully saturated rings. The van der Waals surface area contributed by atoms with Crippen LogP contribution in [0.1, 0.15) is 19.8 Å². The van der Waals surface area contributed by atoms with Crippen LogP contribution >= 0.6 is 25.3 Å². The Hall–Kier alpha value is 0.700. The first-order chi connectivity index (χ1) is 3.68. The van der Waals surface area contributed by atoms with Crippen LogP contribution in [0, 0.1) is 12.8 Å². The highest BCUT2D eigenvalue weighted by Gasteiger charge is 2.05. The van der Waals surface area contributed by atoms with E-state index in [0.717, 1.165) is 12.8 Å². The molecular formula is C6H13S2. The van der Waals surface area contributed by atoms with Crippen LogP contribution in [0.5, 0.6) is 0 Å². The maximum atomic E-state index is 4.16. The largest absolute Gasteiger partial charge is 0.165 e. The van der Waals surface area contributed by atoms with Crippen LogP contribution in [0.2, 0.25) is 0 Å². The normalized spacial score (nSPS) is 14.6. The van der Waals surface area contributed by atoms with Crippen molar-refractivity contribution in [2.24, 2.45) is 5.92 Å². The highest BCUT2D eigenvalue weighted by molar-refractivity contribution is 7.99. The van der Waals surface area contributed by atoms with Gasteiger partial charge in [-0.2, -0.15) is 25.3 Å². The van der Waals surface area contributed by atoms with Crippen molar-refractivity contribution in [3.05, 3.63) is 6.92 Å². The van der Waals surface area contributed by atoms with Gasteiger partial charge in [-0.15, -0.1) is 0 Å². The molecule has 1 atom stereocenters. The van der Waals surface area contributed by atoms with E-state index in [2.05, 4.69) is 39.1 Å². The molecule has 49 valence electrons. The van der Waals surface area contributed by atoms with Crippen molar-refractivity contribution in [2.45, 2.75) is 24.3 Å². The molecule has 8 heavy (non-hydrogen) atoms. The number of thiol groups is 2. The van der Waals surface area contributed by atoms with Gasteiger partial charge in [0.05, 0.1) is 0 Å². The molecule has 1 radical (unpaired) electrons. The molecular weight excluding hydrogens is 136 g/mol. The van der Waals surface area contributed by atoms with Gasteiger partial charge in [0.2, 0.25) is 0 Å². The van der Waals surface area contributed by atoms with Gasteiger partial charge in [-0.25, -0.2) is 0 Å². The van der Waals surface area contributed by atoms with Gasteiger partial charge < -0.3 is 0 Å². The van der Waals surface area contributed by atoms with E-state index in [-0.39, 0.29) is 4.58 Å². The molecule has 0 aromatic carbocycles. The second-order valence-corrected chi connectivity index (χ2v) is 3.55. The summed E-state index contributed by atoms with van der Waals surface area (Å²) < 4.78 is 0.219. The van der Waals surface area contributed by atoms with E-state index >= 15 is 0 Å². The summed E-state index contributed by atoms with van der Waals surface area (Å²) in [7, 11) is 0. The van der Waals surface area contributed by atoms with Crippen LogP contribution in [0.4, 0.5) is 0 Å². The van der Waals surface area contributed by atoms with Crippen LogP contribution in [-0.2, 0) is 0 Å². The Labute approximate surface area is 62.9 Å². The molecule has 0 nitrogen and oxygen atoms in total. The van der Waals surface area contributed by atoms with Gasteiger partial charge in [-0.1, -0.05) is 20.3 Å². The van der Waals surface area contributed by atoms with E-state index in [4.69, 9.17) is 0 Å². The molecule has 0 spiro atoms. The highest BCUT2D eigenvalue weighted by atomic mass is 32.2. The first-order valence-corrected chi connectivity index (χ1v) is 3.87. The second-order valence-electron chi connectivity index (χ2n) is 2.03. The molecule has 0 aliphatic carbocycles. The van der Waals surface area contributed by atoms with Crippen molar-refractivity contribution in [1.29, 1.82) is 0 Å². The quantitative estimate of drug-likeness (QED) is 0.447. The predicted molar refractivity (Wildman–Crippen MR) is 45.5 cm³/mol. The highest BCUT2D eigenvalue weighted by Crippen LogP contribution is 2.17. The Morgan fingerprint density at radius 1 is 1.50 bits per heavy atom. The standard InChI is InChI=1S/C6H13S2/c1-3-4-5(2)6(7)8/h5-8H,1,3-4H2,2H3. The zero-order valence-corrected chi connectivity index (χ0v) is 6.96. The topological polar surface area (TPSA) is 0 Å². The van der Waals surface area contributed by atoms with Gasteiger partial charge in [0, 0.05) is 4.58 Å². The summed E-state index contributed by atoms with van der Waals surface area (Å²) >= 11 is 8.33. The van der Waals surface area contributed by atoms with Crippen molar-refractivity contribution in [2.75, 3.05) is 0 Å². The monoisotopic (exact) mass is 149 g/mol. The molecule has 0 rings (SSSR count). The summed E-state index contributed by atoms with van der Waals surface area (Å²) in [4.78, 5) is 0. The molecule has 0 saturated carbocycles. The van der Waals surface area contributed by atoms with E-state index in [9.17, 15) is 0 Å². The Bertz CT molecular complexity index is 52.5. The number of rotatable bonds is 3. The molecule has 0 aliphatic heterocycles. The average molecular weight is 149 g/mol. The Morgan fingerprint density at radius 2 is 2.00 bits per heavy atom. The van der Waals surface area contributed by atoms with Crippen molar-refractivity contribution in [3.8, 4) is 0 Å². The number of hydrogen-bond donors (Lipinski definition) is 2. The minimum Gasteiger partial charge on any atom is -0.165 e. The molecule has 0 heterocycles. The molecule has 2 heteroatoms. The third kappa shape index (κ3) is 3.67. The fourth-order valence-electron chi connectivity index (χ4n) is 0.471. The Balaban J connectivity index is 3.17. The zero-order chi connectivity index (χ0) is 6.57. The maximum absolute atomic E-state index is 4.16. The van der Waals surface area contributed by atoms with Crippen LogP contribution in [-0.4, -0.2) is 4.58 Å². The second kappa shape index (κ2) is 4.57. The molecule has 0 aromatic heterocycles. The lowest BCUT2D eigenvalue weighted by Gasteiger charge is -2.11. The molecule has 1 unspecified atom stereocenters. The van der Waals surface area contributed by atoms with Gasteiger partial charge in [-0.3, -0.25) is 0 Å².